The van der Waals surface area contributed by atoms with Crippen molar-refractivity contribution in [1.82, 2.24) is 4.98 Å². The van der Waals surface area contributed by atoms with Gasteiger partial charge in [-0.05, 0) is 37.1 Å². The molecule has 0 spiro atoms. The van der Waals surface area contributed by atoms with Crippen LogP contribution in [0.1, 0.15) is 37.9 Å². The SMILES string of the molecule is COc1ccc(Cl)c2sc(N(Cc3ccco3)C(=O)C3CCCCC3)nc12. The molecule has 0 atom stereocenters. The van der Waals surface area contributed by atoms with Crippen LogP contribution in [0.3, 0.4) is 0 Å². The maximum absolute atomic E-state index is 13.3. The van der Waals surface area contributed by atoms with E-state index in [1.807, 2.05) is 12.1 Å². The first-order valence-corrected chi connectivity index (χ1v) is 10.3. The fraction of sp³-hybridized carbons (Fsp3) is 0.400. The molecule has 0 aliphatic heterocycles. The number of amides is 1. The van der Waals surface area contributed by atoms with Crippen LogP contribution in [-0.4, -0.2) is 18.0 Å². The molecule has 142 valence electrons. The highest BCUT2D eigenvalue weighted by molar-refractivity contribution is 7.23. The largest absolute Gasteiger partial charge is 0.494 e. The summed E-state index contributed by atoms with van der Waals surface area (Å²) in [6.07, 6.45) is 6.90. The summed E-state index contributed by atoms with van der Waals surface area (Å²) in [6, 6.07) is 7.30. The highest BCUT2D eigenvalue weighted by Crippen LogP contribution is 2.40. The summed E-state index contributed by atoms with van der Waals surface area (Å²) in [7, 11) is 1.61. The second-order valence-electron chi connectivity index (χ2n) is 6.76. The molecule has 7 heteroatoms. The van der Waals surface area contributed by atoms with Crippen molar-refractivity contribution in [1.29, 1.82) is 0 Å². The zero-order valence-electron chi connectivity index (χ0n) is 15.1. The number of anilines is 1. The molecule has 2 aromatic heterocycles. The minimum Gasteiger partial charge on any atom is -0.494 e. The number of benzene rings is 1. The number of thiazole rings is 1. The van der Waals surface area contributed by atoms with Crippen LogP contribution < -0.4 is 9.64 Å². The van der Waals surface area contributed by atoms with Gasteiger partial charge in [-0.15, -0.1) is 0 Å². The summed E-state index contributed by atoms with van der Waals surface area (Å²) in [5.41, 5.74) is 0.686. The van der Waals surface area contributed by atoms with Crippen molar-refractivity contribution in [3.63, 3.8) is 0 Å². The quantitative estimate of drug-likeness (QED) is 0.550. The highest BCUT2D eigenvalue weighted by Gasteiger charge is 2.30. The molecule has 1 amide bonds. The first-order chi connectivity index (χ1) is 13.2. The molecule has 1 aliphatic rings. The molecule has 3 aromatic rings. The Morgan fingerprint density at radius 3 is 2.85 bits per heavy atom. The Morgan fingerprint density at radius 2 is 2.15 bits per heavy atom. The van der Waals surface area contributed by atoms with E-state index in [4.69, 9.17) is 25.7 Å². The number of hydrogen-bond acceptors (Lipinski definition) is 5. The Morgan fingerprint density at radius 1 is 1.33 bits per heavy atom. The number of nitrogens with zero attached hydrogens (tertiary/aromatic N) is 2. The number of fused-ring (bicyclic) bond motifs is 1. The monoisotopic (exact) mass is 404 g/mol. The van der Waals surface area contributed by atoms with E-state index in [2.05, 4.69) is 0 Å². The van der Waals surface area contributed by atoms with Gasteiger partial charge >= 0.3 is 0 Å². The summed E-state index contributed by atoms with van der Waals surface area (Å²) < 4.78 is 11.7. The summed E-state index contributed by atoms with van der Waals surface area (Å²) in [4.78, 5) is 19.8. The van der Waals surface area contributed by atoms with Gasteiger partial charge in [0.15, 0.2) is 5.13 Å². The van der Waals surface area contributed by atoms with Gasteiger partial charge in [-0.25, -0.2) is 4.98 Å². The van der Waals surface area contributed by atoms with Crippen molar-refractivity contribution < 1.29 is 13.9 Å². The molecule has 1 aromatic carbocycles. The van der Waals surface area contributed by atoms with Gasteiger partial charge in [0.05, 0.1) is 29.6 Å². The van der Waals surface area contributed by atoms with E-state index in [0.29, 0.717) is 28.0 Å². The van der Waals surface area contributed by atoms with Crippen LogP contribution in [-0.2, 0) is 11.3 Å². The van der Waals surface area contributed by atoms with Crippen LogP contribution in [0.25, 0.3) is 10.2 Å². The van der Waals surface area contributed by atoms with Gasteiger partial charge in [0.2, 0.25) is 5.91 Å². The van der Waals surface area contributed by atoms with E-state index >= 15 is 0 Å². The van der Waals surface area contributed by atoms with Gasteiger partial charge in [0, 0.05) is 5.92 Å². The van der Waals surface area contributed by atoms with Crippen LogP contribution in [0.5, 0.6) is 5.75 Å². The normalized spacial score (nSPS) is 15.2. The van der Waals surface area contributed by atoms with E-state index in [1.165, 1.54) is 17.8 Å². The molecule has 1 fully saturated rings. The summed E-state index contributed by atoms with van der Waals surface area (Å²) in [5, 5.41) is 1.24. The summed E-state index contributed by atoms with van der Waals surface area (Å²) in [6.45, 7) is 0.363. The average molecular weight is 405 g/mol. The maximum Gasteiger partial charge on any atom is 0.232 e. The average Bonchev–Trinajstić information content (AvgIpc) is 3.37. The molecular formula is C20H21ClN2O3S. The first kappa shape index (κ1) is 18.3. The summed E-state index contributed by atoms with van der Waals surface area (Å²) in [5.74, 6) is 1.54. The fourth-order valence-electron chi connectivity index (χ4n) is 3.59. The number of furan rings is 1. The predicted molar refractivity (Wildman–Crippen MR) is 108 cm³/mol. The van der Waals surface area contributed by atoms with Crippen molar-refractivity contribution in [3.8, 4) is 5.75 Å². The van der Waals surface area contributed by atoms with Crippen LogP contribution in [0, 0.1) is 5.92 Å². The minimum atomic E-state index is 0.0399. The van der Waals surface area contributed by atoms with Gasteiger partial charge in [-0.2, -0.15) is 0 Å². The molecule has 5 nitrogen and oxygen atoms in total. The van der Waals surface area contributed by atoms with Gasteiger partial charge in [0.1, 0.15) is 17.0 Å². The van der Waals surface area contributed by atoms with Gasteiger partial charge in [-0.1, -0.05) is 42.2 Å². The Balaban J connectivity index is 1.74. The number of rotatable bonds is 5. The lowest BCUT2D eigenvalue weighted by molar-refractivity contribution is -0.123. The van der Waals surface area contributed by atoms with Crippen molar-refractivity contribution in [2.75, 3.05) is 12.0 Å². The Hall–Kier alpha value is -2.05. The van der Waals surface area contributed by atoms with E-state index < -0.39 is 0 Å². The molecule has 1 aliphatic carbocycles. The van der Waals surface area contributed by atoms with E-state index in [1.54, 1.807) is 30.4 Å². The first-order valence-electron chi connectivity index (χ1n) is 9.14. The smallest absolute Gasteiger partial charge is 0.232 e. The van der Waals surface area contributed by atoms with Crippen LogP contribution in [0.15, 0.2) is 34.9 Å². The molecule has 0 saturated heterocycles. The molecular weight excluding hydrogens is 384 g/mol. The zero-order chi connectivity index (χ0) is 18.8. The molecule has 0 unspecified atom stereocenters. The highest BCUT2D eigenvalue weighted by atomic mass is 35.5. The van der Waals surface area contributed by atoms with E-state index in [9.17, 15) is 4.79 Å². The molecule has 27 heavy (non-hydrogen) atoms. The lowest BCUT2D eigenvalue weighted by Crippen LogP contribution is -2.36. The second kappa shape index (κ2) is 7.90. The number of hydrogen-bond donors (Lipinski definition) is 0. The Labute approximate surface area is 166 Å². The number of halogens is 1. The molecule has 0 bridgehead atoms. The zero-order valence-corrected chi connectivity index (χ0v) is 16.7. The maximum atomic E-state index is 13.3. The van der Waals surface area contributed by atoms with Crippen LogP contribution >= 0.6 is 22.9 Å². The molecule has 0 N–H and O–H groups in total. The van der Waals surface area contributed by atoms with Crippen LogP contribution in [0.2, 0.25) is 5.02 Å². The third-order valence-electron chi connectivity index (χ3n) is 5.01. The molecule has 1 saturated carbocycles. The number of carbonyl (C=O) groups excluding carboxylic acids is 1. The standard InChI is InChI=1S/C20H21ClN2O3S/c1-25-16-10-9-15(21)18-17(16)22-20(27-18)23(12-14-8-5-11-26-14)19(24)13-6-3-2-4-7-13/h5,8-11,13H,2-4,6-7,12H2,1H3. The van der Waals surface area contributed by atoms with Gasteiger partial charge in [-0.3, -0.25) is 9.69 Å². The minimum absolute atomic E-state index is 0.0399. The fourth-order valence-corrected chi connectivity index (χ4v) is 4.85. The van der Waals surface area contributed by atoms with E-state index in [-0.39, 0.29) is 11.8 Å². The lowest BCUT2D eigenvalue weighted by Gasteiger charge is -2.27. The van der Waals surface area contributed by atoms with Crippen molar-refractivity contribution in [2.24, 2.45) is 5.92 Å². The number of aromatic nitrogens is 1. The molecule has 2 heterocycles. The van der Waals surface area contributed by atoms with Gasteiger partial charge < -0.3 is 9.15 Å². The number of ether oxygens (including phenoxy) is 1. The molecule has 4 rings (SSSR count). The Kier molecular flexibility index (Phi) is 5.36. The lowest BCUT2D eigenvalue weighted by atomic mass is 9.88. The summed E-state index contributed by atoms with van der Waals surface area (Å²) >= 11 is 7.78. The van der Waals surface area contributed by atoms with Crippen LogP contribution in [0.4, 0.5) is 5.13 Å². The van der Waals surface area contributed by atoms with Crippen molar-refractivity contribution >= 4 is 44.2 Å². The third-order valence-corrected chi connectivity index (χ3v) is 6.55. The van der Waals surface area contributed by atoms with Crippen molar-refractivity contribution in [3.05, 3.63) is 41.3 Å². The van der Waals surface area contributed by atoms with E-state index in [0.717, 1.165) is 36.1 Å². The van der Waals surface area contributed by atoms with Crippen molar-refractivity contribution in [2.45, 2.75) is 38.6 Å². The second-order valence-corrected chi connectivity index (χ2v) is 8.15. The predicted octanol–water partition coefficient (Wildman–Crippen LogP) is 5.66. The van der Waals surface area contributed by atoms with Gasteiger partial charge in [0.25, 0.3) is 0 Å². The third kappa shape index (κ3) is 3.69. The molecule has 0 radical (unpaired) electrons. The Bertz CT molecular complexity index is 932. The topological polar surface area (TPSA) is 55.6 Å². The number of methoxy groups -OCH3 is 1. The number of carbonyl (C=O) groups is 1.